The van der Waals surface area contributed by atoms with Gasteiger partial charge in [-0.15, -0.1) is 0 Å². The number of rotatable bonds is 5. The van der Waals surface area contributed by atoms with Crippen LogP contribution in [-0.2, 0) is 4.74 Å². The molecule has 0 aromatic heterocycles. The zero-order valence-corrected chi connectivity index (χ0v) is 11.8. The Kier molecular flexibility index (Phi) is 4.72. The SMILES string of the molecule is CCO/C(=C/c1ccccc1C(C)=O)c1ccccc1. The Bertz CT molecular complexity index is 612. The zero-order valence-electron chi connectivity index (χ0n) is 11.8. The number of hydrogen-bond acceptors (Lipinski definition) is 2. The van der Waals surface area contributed by atoms with Crippen molar-refractivity contribution < 1.29 is 9.53 Å². The molecule has 2 nitrogen and oxygen atoms in total. The maximum Gasteiger partial charge on any atom is 0.160 e. The molecular weight excluding hydrogens is 248 g/mol. The zero-order chi connectivity index (χ0) is 14.4. The van der Waals surface area contributed by atoms with Crippen molar-refractivity contribution >= 4 is 17.6 Å². The van der Waals surface area contributed by atoms with Crippen LogP contribution in [0.3, 0.4) is 0 Å². The molecule has 2 aromatic carbocycles. The van der Waals surface area contributed by atoms with E-state index in [0.717, 1.165) is 16.9 Å². The maximum absolute atomic E-state index is 11.7. The van der Waals surface area contributed by atoms with Crippen LogP contribution in [-0.4, -0.2) is 12.4 Å². The Morgan fingerprint density at radius 1 is 1.05 bits per heavy atom. The summed E-state index contributed by atoms with van der Waals surface area (Å²) in [5.74, 6) is 0.836. The van der Waals surface area contributed by atoms with Crippen LogP contribution in [0.15, 0.2) is 54.6 Å². The average Bonchev–Trinajstić information content (AvgIpc) is 2.48. The normalized spacial score (nSPS) is 11.2. The van der Waals surface area contributed by atoms with Gasteiger partial charge in [0.1, 0.15) is 5.76 Å². The number of hydrogen-bond donors (Lipinski definition) is 0. The molecule has 0 amide bonds. The van der Waals surface area contributed by atoms with Gasteiger partial charge >= 0.3 is 0 Å². The minimum atomic E-state index is 0.0563. The summed E-state index contributed by atoms with van der Waals surface area (Å²) in [7, 11) is 0. The van der Waals surface area contributed by atoms with Crippen LogP contribution in [0.1, 0.15) is 35.3 Å². The lowest BCUT2D eigenvalue weighted by Gasteiger charge is -2.10. The van der Waals surface area contributed by atoms with Crippen LogP contribution in [0.2, 0.25) is 0 Å². The molecule has 0 bridgehead atoms. The second-order valence-corrected chi connectivity index (χ2v) is 4.45. The molecule has 0 heterocycles. The predicted molar refractivity (Wildman–Crippen MR) is 82.4 cm³/mol. The third-order valence-corrected chi connectivity index (χ3v) is 2.98. The van der Waals surface area contributed by atoms with Gasteiger partial charge in [0, 0.05) is 11.1 Å². The Morgan fingerprint density at radius 3 is 2.35 bits per heavy atom. The molecule has 0 unspecified atom stereocenters. The Balaban J connectivity index is 2.47. The van der Waals surface area contributed by atoms with E-state index in [4.69, 9.17) is 4.74 Å². The van der Waals surface area contributed by atoms with Crippen LogP contribution in [0.5, 0.6) is 0 Å². The summed E-state index contributed by atoms with van der Waals surface area (Å²) < 4.78 is 5.72. The molecule has 2 rings (SSSR count). The summed E-state index contributed by atoms with van der Waals surface area (Å²) in [5.41, 5.74) is 2.60. The Labute approximate surface area is 119 Å². The van der Waals surface area contributed by atoms with Crippen LogP contribution in [0.25, 0.3) is 11.8 Å². The molecule has 0 aliphatic heterocycles. The highest BCUT2D eigenvalue weighted by molar-refractivity contribution is 5.99. The van der Waals surface area contributed by atoms with Crippen molar-refractivity contribution in [1.82, 2.24) is 0 Å². The fraction of sp³-hybridized carbons (Fsp3) is 0.167. The van der Waals surface area contributed by atoms with Gasteiger partial charge in [0.2, 0.25) is 0 Å². The van der Waals surface area contributed by atoms with Crippen molar-refractivity contribution in [2.45, 2.75) is 13.8 Å². The molecule has 0 radical (unpaired) electrons. The molecule has 102 valence electrons. The molecule has 0 saturated carbocycles. The minimum Gasteiger partial charge on any atom is -0.493 e. The van der Waals surface area contributed by atoms with Crippen molar-refractivity contribution in [2.24, 2.45) is 0 Å². The first-order chi connectivity index (χ1) is 9.72. The molecule has 0 N–H and O–H groups in total. The first-order valence-corrected chi connectivity index (χ1v) is 6.72. The molecule has 20 heavy (non-hydrogen) atoms. The predicted octanol–water partition coefficient (Wildman–Crippen LogP) is 4.42. The molecular formula is C18H18O2. The Hall–Kier alpha value is -2.35. The van der Waals surface area contributed by atoms with Gasteiger partial charge in [-0.2, -0.15) is 0 Å². The number of Topliss-reactive ketones (excluding diaryl/α,β-unsaturated/α-hetero) is 1. The van der Waals surface area contributed by atoms with Crippen molar-refractivity contribution in [3.05, 3.63) is 71.3 Å². The third-order valence-electron chi connectivity index (χ3n) is 2.98. The van der Waals surface area contributed by atoms with E-state index in [2.05, 4.69) is 0 Å². The largest absolute Gasteiger partial charge is 0.493 e. The monoisotopic (exact) mass is 266 g/mol. The van der Waals surface area contributed by atoms with Gasteiger partial charge in [0.15, 0.2) is 5.78 Å². The number of ether oxygens (including phenoxy) is 1. The summed E-state index contributed by atoms with van der Waals surface area (Å²) in [4.78, 5) is 11.7. The first-order valence-electron chi connectivity index (χ1n) is 6.72. The highest BCUT2D eigenvalue weighted by Crippen LogP contribution is 2.21. The molecule has 0 fully saturated rings. The summed E-state index contributed by atoms with van der Waals surface area (Å²) >= 11 is 0. The second kappa shape index (κ2) is 6.71. The molecule has 0 spiro atoms. The van der Waals surface area contributed by atoms with Gasteiger partial charge in [-0.05, 0) is 25.5 Å². The molecule has 0 saturated heterocycles. The molecule has 0 aliphatic rings. The van der Waals surface area contributed by atoms with Crippen LogP contribution < -0.4 is 0 Å². The average molecular weight is 266 g/mol. The fourth-order valence-electron chi connectivity index (χ4n) is 2.05. The van der Waals surface area contributed by atoms with Crippen LogP contribution >= 0.6 is 0 Å². The third kappa shape index (κ3) is 3.35. The van der Waals surface area contributed by atoms with E-state index in [1.165, 1.54) is 0 Å². The quantitative estimate of drug-likeness (QED) is 0.455. The van der Waals surface area contributed by atoms with E-state index in [1.807, 2.05) is 67.6 Å². The lowest BCUT2D eigenvalue weighted by molar-refractivity contribution is 0.101. The van der Waals surface area contributed by atoms with E-state index in [-0.39, 0.29) is 5.78 Å². The summed E-state index contributed by atoms with van der Waals surface area (Å²) in [6, 6.07) is 17.5. The van der Waals surface area contributed by atoms with E-state index in [1.54, 1.807) is 6.92 Å². The number of ketones is 1. The van der Waals surface area contributed by atoms with Crippen molar-refractivity contribution in [3.63, 3.8) is 0 Å². The van der Waals surface area contributed by atoms with Gasteiger partial charge in [-0.1, -0.05) is 54.6 Å². The van der Waals surface area contributed by atoms with E-state index in [9.17, 15) is 4.79 Å². The number of carbonyl (C=O) groups excluding carboxylic acids is 1. The number of carbonyl (C=O) groups is 1. The van der Waals surface area contributed by atoms with E-state index in [0.29, 0.717) is 12.2 Å². The van der Waals surface area contributed by atoms with E-state index < -0.39 is 0 Å². The standard InChI is InChI=1S/C18H18O2/c1-3-20-18(15-9-5-4-6-10-15)13-16-11-7-8-12-17(16)14(2)19/h4-13H,3H2,1-2H3/b18-13+. The highest BCUT2D eigenvalue weighted by Gasteiger charge is 2.07. The molecule has 2 aromatic rings. The topological polar surface area (TPSA) is 26.3 Å². The summed E-state index contributed by atoms with van der Waals surface area (Å²) in [5, 5.41) is 0. The van der Waals surface area contributed by atoms with Gasteiger partial charge in [0.05, 0.1) is 6.61 Å². The lowest BCUT2D eigenvalue weighted by atomic mass is 10.0. The molecule has 2 heteroatoms. The van der Waals surface area contributed by atoms with Crippen molar-refractivity contribution in [3.8, 4) is 0 Å². The van der Waals surface area contributed by atoms with Crippen LogP contribution in [0, 0.1) is 0 Å². The smallest absolute Gasteiger partial charge is 0.160 e. The lowest BCUT2D eigenvalue weighted by Crippen LogP contribution is -1.97. The first kappa shape index (κ1) is 14.1. The van der Waals surface area contributed by atoms with Crippen LogP contribution in [0.4, 0.5) is 0 Å². The van der Waals surface area contributed by atoms with Gasteiger partial charge < -0.3 is 4.74 Å². The van der Waals surface area contributed by atoms with Gasteiger partial charge in [-0.3, -0.25) is 4.79 Å². The van der Waals surface area contributed by atoms with E-state index >= 15 is 0 Å². The second-order valence-electron chi connectivity index (χ2n) is 4.45. The highest BCUT2D eigenvalue weighted by atomic mass is 16.5. The minimum absolute atomic E-state index is 0.0563. The summed E-state index contributed by atoms with van der Waals surface area (Å²) in [6.07, 6.45) is 1.93. The fourth-order valence-corrected chi connectivity index (χ4v) is 2.05. The summed E-state index contributed by atoms with van der Waals surface area (Å²) in [6.45, 7) is 4.12. The number of benzene rings is 2. The Morgan fingerprint density at radius 2 is 1.70 bits per heavy atom. The van der Waals surface area contributed by atoms with Crippen molar-refractivity contribution in [1.29, 1.82) is 0 Å². The molecule has 0 atom stereocenters. The maximum atomic E-state index is 11.7. The van der Waals surface area contributed by atoms with Gasteiger partial charge in [0.25, 0.3) is 0 Å². The van der Waals surface area contributed by atoms with Gasteiger partial charge in [-0.25, -0.2) is 0 Å². The molecule has 0 aliphatic carbocycles. The van der Waals surface area contributed by atoms with Crippen molar-refractivity contribution in [2.75, 3.05) is 6.61 Å².